The zero-order valence-corrected chi connectivity index (χ0v) is 19.1. The lowest BCUT2D eigenvalue weighted by molar-refractivity contribution is 0.0369. The molecular formula is C22H25BrN4O2S. The van der Waals surface area contributed by atoms with Crippen LogP contribution >= 0.6 is 28.1 Å². The lowest BCUT2D eigenvalue weighted by atomic mass is 10.1. The first-order valence-corrected chi connectivity index (χ1v) is 11.3. The molecule has 0 saturated carbocycles. The van der Waals surface area contributed by atoms with Crippen molar-refractivity contribution in [2.24, 2.45) is 0 Å². The molecule has 1 aliphatic rings. The van der Waals surface area contributed by atoms with Gasteiger partial charge in [-0.25, -0.2) is 0 Å². The lowest BCUT2D eigenvalue weighted by Crippen LogP contribution is -2.37. The van der Waals surface area contributed by atoms with Gasteiger partial charge in [0.05, 0.1) is 13.2 Å². The zero-order valence-electron chi connectivity index (χ0n) is 16.7. The largest absolute Gasteiger partial charge is 0.489 e. The highest BCUT2D eigenvalue weighted by Crippen LogP contribution is 2.21. The summed E-state index contributed by atoms with van der Waals surface area (Å²) in [7, 11) is 0. The average Bonchev–Trinajstić information content (AvgIpc) is 3.15. The van der Waals surface area contributed by atoms with Crippen molar-refractivity contribution in [3.63, 3.8) is 0 Å². The Morgan fingerprint density at radius 3 is 2.70 bits per heavy atom. The topological polar surface area (TPSA) is 55.3 Å². The van der Waals surface area contributed by atoms with Gasteiger partial charge in [0.1, 0.15) is 12.4 Å². The second kappa shape index (κ2) is 10.3. The number of ether oxygens (including phenoxy) is 2. The van der Waals surface area contributed by atoms with Crippen LogP contribution in [0.1, 0.15) is 12.0 Å². The standard InChI is InChI=1S/C22H25BrN4O2S/c23-19-5-7-20(8-6-19)29-16-17-3-1-4-18(15-17)21-24-25-22(30)27(21)10-2-9-26-11-13-28-14-12-26/h1,3-8,15H,2,9-14,16H2,(H,25,30). The molecule has 6 nitrogen and oxygen atoms in total. The molecule has 30 heavy (non-hydrogen) atoms. The second-order valence-corrected chi connectivity index (χ2v) is 8.56. The number of morpholine rings is 1. The van der Waals surface area contributed by atoms with Gasteiger partial charge in [0, 0.05) is 36.2 Å². The molecule has 1 N–H and O–H groups in total. The Hall–Kier alpha value is -2.00. The Balaban J connectivity index is 1.41. The molecule has 3 aromatic rings. The van der Waals surface area contributed by atoms with Crippen molar-refractivity contribution in [2.45, 2.75) is 19.6 Å². The molecule has 1 aromatic heterocycles. The van der Waals surface area contributed by atoms with E-state index in [2.05, 4.69) is 53.8 Å². The van der Waals surface area contributed by atoms with Crippen molar-refractivity contribution in [1.29, 1.82) is 0 Å². The van der Waals surface area contributed by atoms with Crippen molar-refractivity contribution in [1.82, 2.24) is 19.7 Å². The van der Waals surface area contributed by atoms with E-state index in [1.807, 2.05) is 30.3 Å². The first-order chi connectivity index (χ1) is 14.7. The molecule has 0 unspecified atom stereocenters. The van der Waals surface area contributed by atoms with Gasteiger partial charge >= 0.3 is 0 Å². The van der Waals surface area contributed by atoms with Crippen LogP contribution in [0.2, 0.25) is 0 Å². The van der Waals surface area contributed by atoms with Gasteiger partial charge in [-0.3, -0.25) is 10.00 Å². The van der Waals surface area contributed by atoms with Crippen LogP contribution in [0.5, 0.6) is 5.75 Å². The Morgan fingerprint density at radius 1 is 1.10 bits per heavy atom. The monoisotopic (exact) mass is 488 g/mol. The van der Waals surface area contributed by atoms with Crippen LogP contribution in [-0.2, 0) is 17.9 Å². The van der Waals surface area contributed by atoms with E-state index >= 15 is 0 Å². The number of hydrogen-bond acceptors (Lipinski definition) is 5. The molecule has 158 valence electrons. The highest BCUT2D eigenvalue weighted by Gasteiger charge is 2.12. The summed E-state index contributed by atoms with van der Waals surface area (Å²) in [6, 6.07) is 16.1. The molecule has 1 fully saturated rings. The Morgan fingerprint density at radius 2 is 1.90 bits per heavy atom. The van der Waals surface area contributed by atoms with Crippen LogP contribution in [0.25, 0.3) is 11.4 Å². The van der Waals surface area contributed by atoms with E-state index in [0.717, 1.165) is 73.0 Å². The minimum Gasteiger partial charge on any atom is -0.489 e. The molecule has 0 amide bonds. The summed E-state index contributed by atoms with van der Waals surface area (Å²) in [4.78, 5) is 2.44. The summed E-state index contributed by atoms with van der Waals surface area (Å²) in [6.07, 6.45) is 1.02. The quantitative estimate of drug-likeness (QED) is 0.466. The van der Waals surface area contributed by atoms with E-state index < -0.39 is 0 Å². The number of aromatic nitrogens is 3. The van der Waals surface area contributed by atoms with E-state index in [1.54, 1.807) is 0 Å². The SMILES string of the molecule is S=c1[nH]nc(-c2cccc(COc3ccc(Br)cc3)c2)n1CCCN1CCOCC1. The van der Waals surface area contributed by atoms with E-state index in [-0.39, 0.29) is 0 Å². The summed E-state index contributed by atoms with van der Waals surface area (Å²) in [5.41, 5.74) is 2.12. The first-order valence-electron chi connectivity index (χ1n) is 10.1. The molecule has 0 radical (unpaired) electrons. The van der Waals surface area contributed by atoms with Gasteiger partial charge in [0.15, 0.2) is 10.6 Å². The van der Waals surface area contributed by atoms with Gasteiger partial charge in [-0.05, 0) is 54.5 Å². The fourth-order valence-corrected chi connectivity index (χ4v) is 4.01. The Kier molecular flexibility index (Phi) is 7.33. The van der Waals surface area contributed by atoms with Crippen LogP contribution < -0.4 is 4.74 Å². The predicted molar refractivity (Wildman–Crippen MR) is 123 cm³/mol. The fourth-order valence-electron chi connectivity index (χ4n) is 3.52. The average molecular weight is 489 g/mol. The van der Waals surface area contributed by atoms with Crippen LogP contribution in [0.4, 0.5) is 0 Å². The smallest absolute Gasteiger partial charge is 0.195 e. The first kappa shape index (κ1) is 21.2. The van der Waals surface area contributed by atoms with Crippen molar-refractivity contribution < 1.29 is 9.47 Å². The third-order valence-corrected chi connectivity index (χ3v) is 5.96. The van der Waals surface area contributed by atoms with Crippen LogP contribution in [0.3, 0.4) is 0 Å². The maximum absolute atomic E-state index is 5.91. The van der Waals surface area contributed by atoms with Crippen molar-refractivity contribution >= 4 is 28.1 Å². The molecule has 0 spiro atoms. The summed E-state index contributed by atoms with van der Waals surface area (Å²) >= 11 is 8.93. The van der Waals surface area contributed by atoms with Crippen LogP contribution in [0, 0.1) is 4.77 Å². The summed E-state index contributed by atoms with van der Waals surface area (Å²) in [5, 5.41) is 7.44. The van der Waals surface area contributed by atoms with Gasteiger partial charge in [0.25, 0.3) is 0 Å². The van der Waals surface area contributed by atoms with E-state index in [9.17, 15) is 0 Å². The number of halogens is 1. The zero-order chi connectivity index (χ0) is 20.8. The molecule has 4 rings (SSSR count). The molecule has 1 saturated heterocycles. The maximum Gasteiger partial charge on any atom is 0.195 e. The molecule has 2 aromatic carbocycles. The number of benzene rings is 2. The minimum atomic E-state index is 0.498. The Labute approximate surface area is 189 Å². The second-order valence-electron chi connectivity index (χ2n) is 7.25. The molecule has 8 heteroatoms. The highest BCUT2D eigenvalue weighted by atomic mass is 79.9. The summed E-state index contributed by atoms with van der Waals surface area (Å²) < 4.78 is 15.1. The maximum atomic E-state index is 5.91. The minimum absolute atomic E-state index is 0.498. The van der Waals surface area contributed by atoms with Crippen molar-refractivity contribution in [3.05, 3.63) is 63.3 Å². The fraction of sp³-hybridized carbons (Fsp3) is 0.364. The molecule has 1 aliphatic heterocycles. The van der Waals surface area contributed by atoms with E-state index in [4.69, 9.17) is 21.7 Å². The van der Waals surface area contributed by atoms with Crippen LogP contribution in [0.15, 0.2) is 53.0 Å². The number of aromatic amines is 1. The van der Waals surface area contributed by atoms with E-state index in [1.165, 1.54) is 0 Å². The Bertz CT molecular complexity index is 1010. The van der Waals surface area contributed by atoms with Crippen molar-refractivity contribution in [3.8, 4) is 17.1 Å². The molecule has 0 bridgehead atoms. The molecular weight excluding hydrogens is 464 g/mol. The number of nitrogens with zero attached hydrogens (tertiary/aromatic N) is 3. The number of rotatable bonds is 8. The summed E-state index contributed by atoms with van der Waals surface area (Å²) in [5.74, 6) is 1.71. The molecule has 2 heterocycles. The lowest BCUT2D eigenvalue weighted by Gasteiger charge is -2.26. The molecule has 0 aliphatic carbocycles. The van der Waals surface area contributed by atoms with E-state index in [0.29, 0.717) is 11.4 Å². The third kappa shape index (κ3) is 5.57. The summed E-state index contributed by atoms with van der Waals surface area (Å²) in [6.45, 7) is 6.03. The van der Waals surface area contributed by atoms with Gasteiger partial charge < -0.3 is 14.0 Å². The van der Waals surface area contributed by atoms with Gasteiger partial charge in [-0.15, -0.1) is 0 Å². The van der Waals surface area contributed by atoms with Crippen LogP contribution in [-0.4, -0.2) is 52.5 Å². The number of hydrogen-bond donors (Lipinski definition) is 1. The normalized spacial score (nSPS) is 14.7. The third-order valence-electron chi connectivity index (χ3n) is 5.12. The number of H-pyrrole nitrogens is 1. The number of nitrogens with one attached hydrogen (secondary N) is 1. The van der Waals surface area contributed by atoms with Gasteiger partial charge in [0.2, 0.25) is 0 Å². The highest BCUT2D eigenvalue weighted by molar-refractivity contribution is 9.10. The molecule has 0 atom stereocenters. The predicted octanol–water partition coefficient (Wildman–Crippen LogP) is 4.67. The van der Waals surface area contributed by atoms with Gasteiger partial charge in [-0.1, -0.05) is 34.1 Å². The van der Waals surface area contributed by atoms with Crippen molar-refractivity contribution in [2.75, 3.05) is 32.8 Å². The van der Waals surface area contributed by atoms with Gasteiger partial charge in [-0.2, -0.15) is 5.10 Å².